The van der Waals surface area contributed by atoms with Crippen LogP contribution in [0.5, 0.6) is 5.75 Å². The molecular formula is C23H27N3O4. The number of amides is 3. The molecule has 3 rings (SSSR count). The molecule has 0 aromatic heterocycles. The number of anilines is 2. The Kier molecular flexibility index (Phi) is 7.43. The van der Waals surface area contributed by atoms with Crippen molar-refractivity contribution >= 4 is 29.1 Å². The number of Topliss-reactive ketones (excluding diaryl/α,β-unsaturated/α-hetero) is 1. The quantitative estimate of drug-likeness (QED) is 0.636. The van der Waals surface area contributed by atoms with Gasteiger partial charge < -0.3 is 20.3 Å². The number of nitrogens with one attached hydrogen (secondary N) is 2. The molecule has 7 nitrogen and oxygen atoms in total. The SMILES string of the molecule is CCOc1ccc(C(=O)CCC(=O)Nc2ccccc2NC(=O)N2CCCC2)cc1. The molecule has 0 saturated carbocycles. The average molecular weight is 409 g/mol. The Hall–Kier alpha value is -3.35. The van der Waals surface area contributed by atoms with Crippen LogP contribution in [0, 0.1) is 0 Å². The minimum absolute atomic E-state index is 0.0560. The number of carbonyl (C=O) groups excluding carboxylic acids is 3. The van der Waals surface area contributed by atoms with Gasteiger partial charge in [0.1, 0.15) is 5.75 Å². The lowest BCUT2D eigenvalue weighted by Gasteiger charge is -2.18. The zero-order valence-corrected chi connectivity index (χ0v) is 17.1. The summed E-state index contributed by atoms with van der Waals surface area (Å²) in [6.45, 7) is 3.95. The lowest BCUT2D eigenvalue weighted by atomic mass is 10.1. The van der Waals surface area contributed by atoms with Crippen LogP contribution >= 0.6 is 0 Å². The summed E-state index contributed by atoms with van der Waals surface area (Å²) >= 11 is 0. The number of rotatable bonds is 8. The van der Waals surface area contributed by atoms with E-state index in [-0.39, 0.29) is 30.6 Å². The van der Waals surface area contributed by atoms with Gasteiger partial charge in [0.05, 0.1) is 18.0 Å². The van der Waals surface area contributed by atoms with Crippen molar-refractivity contribution in [1.82, 2.24) is 4.90 Å². The van der Waals surface area contributed by atoms with Gasteiger partial charge in [0.2, 0.25) is 5.91 Å². The van der Waals surface area contributed by atoms with E-state index in [1.54, 1.807) is 53.4 Å². The average Bonchev–Trinajstić information content (AvgIpc) is 3.29. The molecule has 0 atom stereocenters. The van der Waals surface area contributed by atoms with Gasteiger partial charge in [-0.05, 0) is 56.2 Å². The van der Waals surface area contributed by atoms with Gasteiger partial charge in [0, 0.05) is 31.5 Å². The first kappa shape index (κ1) is 21.4. The summed E-state index contributed by atoms with van der Waals surface area (Å²) in [5.74, 6) is 0.320. The molecule has 3 amide bonds. The van der Waals surface area contributed by atoms with E-state index >= 15 is 0 Å². The van der Waals surface area contributed by atoms with E-state index in [1.165, 1.54) is 0 Å². The molecule has 2 N–H and O–H groups in total. The molecule has 2 aromatic carbocycles. The Morgan fingerprint density at radius 3 is 2.17 bits per heavy atom. The zero-order chi connectivity index (χ0) is 21.3. The van der Waals surface area contributed by atoms with E-state index in [9.17, 15) is 14.4 Å². The molecule has 1 fully saturated rings. The molecule has 2 aromatic rings. The summed E-state index contributed by atoms with van der Waals surface area (Å²) in [5.41, 5.74) is 1.61. The monoisotopic (exact) mass is 409 g/mol. The standard InChI is InChI=1S/C23H27N3O4/c1-2-30-18-11-9-17(10-12-18)21(27)13-14-22(28)24-19-7-3-4-8-20(19)25-23(29)26-15-5-6-16-26/h3-4,7-12H,2,5-6,13-16H2,1H3,(H,24,28)(H,25,29). The first-order valence-corrected chi connectivity index (χ1v) is 10.3. The van der Waals surface area contributed by atoms with Crippen molar-refractivity contribution in [2.45, 2.75) is 32.6 Å². The van der Waals surface area contributed by atoms with Gasteiger partial charge in [-0.2, -0.15) is 0 Å². The van der Waals surface area contributed by atoms with Crippen LogP contribution in [0.25, 0.3) is 0 Å². The highest BCUT2D eigenvalue weighted by Crippen LogP contribution is 2.23. The first-order valence-electron chi connectivity index (χ1n) is 10.3. The summed E-state index contributed by atoms with van der Waals surface area (Å²) in [6.07, 6.45) is 2.17. The fraction of sp³-hybridized carbons (Fsp3) is 0.348. The Morgan fingerprint density at radius 1 is 0.900 bits per heavy atom. The van der Waals surface area contributed by atoms with E-state index in [4.69, 9.17) is 4.74 Å². The fourth-order valence-corrected chi connectivity index (χ4v) is 3.30. The van der Waals surface area contributed by atoms with Crippen LogP contribution in [0.4, 0.5) is 16.2 Å². The van der Waals surface area contributed by atoms with Crippen LogP contribution in [-0.2, 0) is 4.79 Å². The van der Waals surface area contributed by atoms with Crippen molar-refractivity contribution in [3.05, 3.63) is 54.1 Å². The number of nitrogens with zero attached hydrogens (tertiary/aromatic N) is 1. The summed E-state index contributed by atoms with van der Waals surface area (Å²) in [7, 11) is 0. The maximum absolute atomic E-state index is 12.4. The molecule has 7 heteroatoms. The van der Waals surface area contributed by atoms with Gasteiger partial charge in [-0.25, -0.2) is 4.79 Å². The highest BCUT2D eigenvalue weighted by molar-refractivity contribution is 6.02. The Balaban J connectivity index is 1.53. The Labute approximate surface area is 176 Å². The van der Waals surface area contributed by atoms with Crippen molar-refractivity contribution < 1.29 is 19.1 Å². The molecule has 1 heterocycles. The van der Waals surface area contributed by atoms with Crippen LogP contribution in [0.1, 0.15) is 43.0 Å². The number of ketones is 1. The van der Waals surface area contributed by atoms with Crippen LogP contribution in [-0.4, -0.2) is 42.3 Å². The normalized spacial score (nSPS) is 13.0. The molecule has 1 aliphatic heterocycles. The van der Waals surface area contributed by atoms with Gasteiger partial charge in [0.15, 0.2) is 5.78 Å². The number of benzene rings is 2. The Bertz CT molecular complexity index is 890. The van der Waals surface area contributed by atoms with E-state index in [1.807, 2.05) is 6.92 Å². The minimum Gasteiger partial charge on any atom is -0.494 e. The number of urea groups is 1. The molecule has 0 spiro atoms. The molecule has 0 unspecified atom stereocenters. The molecule has 1 aliphatic rings. The van der Waals surface area contributed by atoms with Gasteiger partial charge in [-0.1, -0.05) is 12.1 Å². The number of para-hydroxylation sites is 2. The number of hydrogen-bond donors (Lipinski definition) is 2. The van der Waals surface area contributed by atoms with Crippen molar-refractivity contribution in [2.24, 2.45) is 0 Å². The zero-order valence-electron chi connectivity index (χ0n) is 17.1. The van der Waals surface area contributed by atoms with Crippen molar-refractivity contribution in [2.75, 3.05) is 30.3 Å². The molecular weight excluding hydrogens is 382 g/mol. The largest absolute Gasteiger partial charge is 0.494 e. The minimum atomic E-state index is -0.280. The van der Waals surface area contributed by atoms with E-state index in [0.717, 1.165) is 25.9 Å². The highest BCUT2D eigenvalue weighted by atomic mass is 16.5. The van der Waals surface area contributed by atoms with Gasteiger partial charge >= 0.3 is 6.03 Å². The second-order valence-corrected chi connectivity index (χ2v) is 7.10. The summed E-state index contributed by atoms with van der Waals surface area (Å²) in [4.78, 5) is 38.8. The molecule has 1 saturated heterocycles. The predicted molar refractivity (Wildman–Crippen MR) is 116 cm³/mol. The van der Waals surface area contributed by atoms with Gasteiger partial charge in [-0.3, -0.25) is 9.59 Å². The lowest BCUT2D eigenvalue weighted by Crippen LogP contribution is -2.32. The van der Waals surface area contributed by atoms with Gasteiger partial charge in [-0.15, -0.1) is 0 Å². The molecule has 30 heavy (non-hydrogen) atoms. The van der Waals surface area contributed by atoms with E-state index in [0.29, 0.717) is 29.3 Å². The second-order valence-electron chi connectivity index (χ2n) is 7.10. The van der Waals surface area contributed by atoms with Gasteiger partial charge in [0.25, 0.3) is 0 Å². The third-order valence-corrected chi connectivity index (χ3v) is 4.90. The lowest BCUT2D eigenvalue weighted by molar-refractivity contribution is -0.116. The number of likely N-dealkylation sites (tertiary alicyclic amines) is 1. The van der Waals surface area contributed by atoms with Crippen LogP contribution in [0.2, 0.25) is 0 Å². The maximum atomic E-state index is 12.4. The summed E-state index contributed by atoms with van der Waals surface area (Å²) in [6, 6.07) is 13.8. The second kappa shape index (κ2) is 10.4. The molecule has 158 valence electrons. The number of hydrogen-bond acceptors (Lipinski definition) is 4. The smallest absolute Gasteiger partial charge is 0.321 e. The van der Waals surface area contributed by atoms with Crippen LogP contribution < -0.4 is 15.4 Å². The van der Waals surface area contributed by atoms with Crippen LogP contribution in [0.3, 0.4) is 0 Å². The summed E-state index contributed by atoms with van der Waals surface area (Å²) in [5, 5.41) is 5.65. The maximum Gasteiger partial charge on any atom is 0.321 e. The molecule has 0 bridgehead atoms. The van der Waals surface area contributed by atoms with E-state index < -0.39 is 0 Å². The van der Waals surface area contributed by atoms with Crippen LogP contribution in [0.15, 0.2) is 48.5 Å². The third-order valence-electron chi connectivity index (χ3n) is 4.90. The first-order chi connectivity index (χ1) is 14.6. The number of ether oxygens (including phenoxy) is 1. The van der Waals surface area contributed by atoms with E-state index in [2.05, 4.69) is 10.6 Å². The highest BCUT2D eigenvalue weighted by Gasteiger charge is 2.19. The predicted octanol–water partition coefficient (Wildman–Crippen LogP) is 4.31. The third kappa shape index (κ3) is 5.83. The van der Waals surface area contributed by atoms with Crippen molar-refractivity contribution in [1.29, 1.82) is 0 Å². The topological polar surface area (TPSA) is 87.7 Å². The molecule has 0 aliphatic carbocycles. The van der Waals surface area contributed by atoms with Crippen molar-refractivity contribution in [3.63, 3.8) is 0 Å². The summed E-state index contributed by atoms with van der Waals surface area (Å²) < 4.78 is 5.37. The number of carbonyl (C=O) groups is 3. The van der Waals surface area contributed by atoms with Crippen molar-refractivity contribution in [3.8, 4) is 5.75 Å². The molecule has 0 radical (unpaired) electrons. The fourth-order valence-electron chi connectivity index (χ4n) is 3.30. The Morgan fingerprint density at radius 2 is 1.53 bits per heavy atom.